The molecule has 0 aromatic heterocycles. The number of methoxy groups -OCH3 is 1. The van der Waals surface area contributed by atoms with E-state index in [2.05, 4.69) is 17.6 Å². The van der Waals surface area contributed by atoms with E-state index in [1.807, 2.05) is 78.9 Å². The van der Waals surface area contributed by atoms with E-state index in [1.54, 1.807) is 7.11 Å². The molecule has 166 valence electrons. The maximum atomic E-state index is 13.2. The first-order valence-electron chi connectivity index (χ1n) is 10.7. The Balaban J connectivity index is 1.72. The van der Waals surface area contributed by atoms with E-state index in [1.165, 1.54) is 11.8 Å². The van der Waals surface area contributed by atoms with Crippen LogP contribution in [0.5, 0.6) is 5.75 Å². The highest BCUT2D eigenvalue weighted by atomic mass is 32.2. The van der Waals surface area contributed by atoms with Crippen LogP contribution in [0.15, 0.2) is 83.8 Å². The summed E-state index contributed by atoms with van der Waals surface area (Å²) in [6.07, 6.45) is 2.39. The molecule has 3 aromatic rings. The van der Waals surface area contributed by atoms with Gasteiger partial charge in [-0.1, -0.05) is 43.7 Å². The van der Waals surface area contributed by atoms with Crippen molar-refractivity contribution in [2.75, 3.05) is 17.7 Å². The molecular weight excluding hydrogens is 420 g/mol. The lowest BCUT2D eigenvalue weighted by Crippen LogP contribution is -2.19. The summed E-state index contributed by atoms with van der Waals surface area (Å²) in [6.45, 7) is 2.06. The summed E-state index contributed by atoms with van der Waals surface area (Å²) in [6, 6.07) is 24.6. The molecule has 2 amide bonds. The van der Waals surface area contributed by atoms with Gasteiger partial charge in [-0.05, 0) is 60.5 Å². The van der Waals surface area contributed by atoms with Crippen LogP contribution in [-0.2, 0) is 9.59 Å². The first-order valence-corrected chi connectivity index (χ1v) is 11.5. The first-order chi connectivity index (χ1) is 15.6. The van der Waals surface area contributed by atoms with Gasteiger partial charge in [-0.2, -0.15) is 0 Å². The molecule has 0 saturated carbocycles. The van der Waals surface area contributed by atoms with Crippen molar-refractivity contribution in [3.8, 4) is 5.75 Å². The number of unbranched alkanes of at least 4 members (excludes halogenated alkanes) is 1. The molecule has 32 heavy (non-hydrogen) atoms. The van der Waals surface area contributed by atoms with Crippen LogP contribution in [0.2, 0.25) is 0 Å². The Bertz CT molecular complexity index is 1010. The molecule has 5 nitrogen and oxygen atoms in total. The Kier molecular flexibility index (Phi) is 8.75. The van der Waals surface area contributed by atoms with Crippen LogP contribution in [-0.4, -0.2) is 18.9 Å². The number of anilines is 2. The second-order valence-corrected chi connectivity index (χ2v) is 8.48. The Morgan fingerprint density at radius 1 is 0.875 bits per heavy atom. The van der Waals surface area contributed by atoms with Crippen LogP contribution in [0.25, 0.3) is 0 Å². The SMILES string of the molecule is CCCCC(=O)Nc1ccc(SC(C(=O)Nc2ccc(OC)cc2)c2ccccc2)cc1. The van der Waals surface area contributed by atoms with Gasteiger partial charge in [0.05, 0.1) is 7.11 Å². The van der Waals surface area contributed by atoms with E-state index in [-0.39, 0.29) is 11.8 Å². The second kappa shape index (κ2) is 12.0. The number of benzene rings is 3. The molecule has 3 rings (SSSR count). The molecule has 0 bridgehead atoms. The van der Waals surface area contributed by atoms with Gasteiger partial charge in [-0.3, -0.25) is 9.59 Å². The van der Waals surface area contributed by atoms with Gasteiger partial charge in [-0.15, -0.1) is 11.8 Å². The third-order valence-corrected chi connectivity index (χ3v) is 6.11. The fourth-order valence-corrected chi connectivity index (χ4v) is 4.12. The number of ether oxygens (including phenoxy) is 1. The minimum absolute atomic E-state index is 0.0216. The monoisotopic (exact) mass is 448 g/mol. The number of carbonyl (C=O) groups excluding carboxylic acids is 2. The van der Waals surface area contributed by atoms with Crippen molar-refractivity contribution in [1.29, 1.82) is 0 Å². The van der Waals surface area contributed by atoms with Crippen LogP contribution < -0.4 is 15.4 Å². The van der Waals surface area contributed by atoms with E-state index >= 15 is 0 Å². The molecule has 0 aliphatic heterocycles. The zero-order valence-corrected chi connectivity index (χ0v) is 19.2. The molecule has 0 aliphatic carbocycles. The van der Waals surface area contributed by atoms with Crippen molar-refractivity contribution in [2.45, 2.75) is 36.3 Å². The molecule has 0 saturated heterocycles. The number of amides is 2. The molecule has 1 atom stereocenters. The number of hydrogen-bond acceptors (Lipinski definition) is 4. The van der Waals surface area contributed by atoms with Gasteiger partial charge in [0.2, 0.25) is 11.8 Å². The molecule has 2 N–H and O–H groups in total. The van der Waals surface area contributed by atoms with Crippen LogP contribution in [0.1, 0.15) is 37.0 Å². The van der Waals surface area contributed by atoms with Gasteiger partial charge in [0.15, 0.2) is 0 Å². The lowest BCUT2D eigenvalue weighted by atomic mass is 10.1. The van der Waals surface area contributed by atoms with Gasteiger partial charge in [0.25, 0.3) is 0 Å². The molecule has 6 heteroatoms. The fourth-order valence-electron chi connectivity index (χ4n) is 3.10. The summed E-state index contributed by atoms with van der Waals surface area (Å²) in [4.78, 5) is 26.0. The van der Waals surface area contributed by atoms with Crippen molar-refractivity contribution in [3.63, 3.8) is 0 Å². The molecule has 1 unspecified atom stereocenters. The quantitative estimate of drug-likeness (QED) is 0.357. The Morgan fingerprint density at radius 2 is 1.50 bits per heavy atom. The number of rotatable bonds is 10. The lowest BCUT2D eigenvalue weighted by Gasteiger charge is -2.17. The van der Waals surface area contributed by atoms with E-state index in [9.17, 15) is 9.59 Å². The fraction of sp³-hybridized carbons (Fsp3) is 0.231. The second-order valence-electron chi connectivity index (χ2n) is 7.30. The smallest absolute Gasteiger partial charge is 0.242 e. The first kappa shape index (κ1) is 23.4. The zero-order valence-electron chi connectivity index (χ0n) is 18.3. The van der Waals surface area contributed by atoms with Crippen molar-refractivity contribution in [1.82, 2.24) is 0 Å². The lowest BCUT2D eigenvalue weighted by molar-refractivity contribution is -0.116. The van der Waals surface area contributed by atoms with Gasteiger partial charge in [-0.25, -0.2) is 0 Å². The summed E-state index contributed by atoms with van der Waals surface area (Å²) in [5.41, 5.74) is 2.39. The molecule has 3 aromatic carbocycles. The Hall–Kier alpha value is -3.25. The third-order valence-electron chi connectivity index (χ3n) is 4.85. The van der Waals surface area contributed by atoms with Gasteiger partial charge in [0.1, 0.15) is 11.0 Å². The number of hydrogen-bond donors (Lipinski definition) is 2. The van der Waals surface area contributed by atoms with Crippen LogP contribution >= 0.6 is 11.8 Å². The molecule has 0 aliphatic rings. The molecule has 0 radical (unpaired) electrons. The molecule has 0 spiro atoms. The number of thioether (sulfide) groups is 1. The summed E-state index contributed by atoms with van der Waals surface area (Å²) in [5, 5.41) is 5.49. The standard InChI is InChI=1S/C26H28N2O3S/c1-3-4-10-24(29)27-20-13-17-23(18-14-20)32-25(19-8-6-5-7-9-19)26(30)28-21-11-15-22(31-2)16-12-21/h5-9,11-18,25H,3-4,10H2,1-2H3,(H,27,29)(H,28,30). The van der Waals surface area contributed by atoms with E-state index in [4.69, 9.17) is 4.74 Å². The topological polar surface area (TPSA) is 67.4 Å². The Morgan fingerprint density at radius 3 is 2.12 bits per heavy atom. The van der Waals surface area contributed by atoms with Crippen LogP contribution in [0.4, 0.5) is 11.4 Å². The third kappa shape index (κ3) is 6.89. The van der Waals surface area contributed by atoms with Gasteiger partial charge in [0, 0.05) is 22.7 Å². The predicted octanol–water partition coefficient (Wildman–Crippen LogP) is 6.30. The number of carbonyl (C=O) groups is 2. The maximum absolute atomic E-state index is 13.2. The summed E-state index contributed by atoms with van der Waals surface area (Å²) < 4.78 is 5.18. The maximum Gasteiger partial charge on any atom is 0.242 e. The van der Waals surface area contributed by atoms with Crippen LogP contribution in [0.3, 0.4) is 0 Å². The van der Waals surface area contributed by atoms with Crippen molar-refractivity contribution in [3.05, 3.63) is 84.4 Å². The number of nitrogens with one attached hydrogen (secondary N) is 2. The highest BCUT2D eigenvalue weighted by Crippen LogP contribution is 2.36. The van der Waals surface area contributed by atoms with E-state index in [0.29, 0.717) is 12.1 Å². The predicted molar refractivity (Wildman–Crippen MR) is 131 cm³/mol. The average Bonchev–Trinajstić information content (AvgIpc) is 2.83. The summed E-state index contributed by atoms with van der Waals surface area (Å²) in [7, 11) is 1.61. The van der Waals surface area contributed by atoms with Gasteiger partial charge >= 0.3 is 0 Å². The minimum Gasteiger partial charge on any atom is -0.497 e. The highest BCUT2D eigenvalue weighted by molar-refractivity contribution is 8.00. The van der Waals surface area contributed by atoms with Crippen molar-refractivity contribution in [2.24, 2.45) is 0 Å². The average molecular weight is 449 g/mol. The largest absolute Gasteiger partial charge is 0.497 e. The zero-order chi connectivity index (χ0) is 22.8. The molecule has 0 heterocycles. The molecule has 0 fully saturated rings. The van der Waals surface area contributed by atoms with E-state index in [0.717, 1.165) is 34.7 Å². The van der Waals surface area contributed by atoms with Crippen molar-refractivity contribution >= 4 is 35.0 Å². The van der Waals surface area contributed by atoms with Gasteiger partial charge < -0.3 is 15.4 Å². The van der Waals surface area contributed by atoms with Crippen molar-refractivity contribution < 1.29 is 14.3 Å². The minimum atomic E-state index is -0.428. The summed E-state index contributed by atoms with van der Waals surface area (Å²) >= 11 is 1.47. The Labute approximate surface area is 193 Å². The summed E-state index contributed by atoms with van der Waals surface area (Å²) in [5.74, 6) is 0.649. The van der Waals surface area contributed by atoms with Crippen LogP contribution in [0, 0.1) is 0 Å². The van der Waals surface area contributed by atoms with E-state index < -0.39 is 5.25 Å². The molecular formula is C26H28N2O3S. The normalized spacial score (nSPS) is 11.4. The highest BCUT2D eigenvalue weighted by Gasteiger charge is 2.22.